The van der Waals surface area contributed by atoms with Gasteiger partial charge in [-0.1, -0.05) is 18.1 Å². The average Bonchev–Trinajstić information content (AvgIpc) is 2.09. The van der Waals surface area contributed by atoms with E-state index in [2.05, 4.69) is 11.8 Å². The molecule has 0 aliphatic carbocycles. The maximum atomic E-state index is 12.4. The second kappa shape index (κ2) is 4.30. The number of hydrogen-bond donors (Lipinski definition) is 0. The molecule has 0 aliphatic heterocycles. The molecular formula is C10H7FO. The molecule has 0 heterocycles. The molecule has 1 rings (SSSR count). The number of rotatable bonds is 1. The van der Waals surface area contributed by atoms with Crippen molar-refractivity contribution in [2.45, 2.75) is 6.42 Å². The molecule has 1 aromatic rings. The lowest BCUT2D eigenvalue weighted by molar-refractivity contribution is -0.103. The number of halogens is 1. The highest BCUT2D eigenvalue weighted by atomic mass is 19.1. The van der Waals surface area contributed by atoms with Crippen molar-refractivity contribution in [2.75, 3.05) is 0 Å². The summed E-state index contributed by atoms with van der Waals surface area (Å²) >= 11 is 0. The van der Waals surface area contributed by atoms with Crippen molar-refractivity contribution in [3.8, 4) is 11.8 Å². The molecule has 0 aromatic heterocycles. The van der Waals surface area contributed by atoms with Crippen LogP contribution in [0.15, 0.2) is 24.3 Å². The van der Waals surface area contributed by atoms with Crippen molar-refractivity contribution in [3.05, 3.63) is 35.6 Å². The Bertz CT molecular complexity index is 316. The largest absolute Gasteiger partial charge is 0.289 e. The van der Waals surface area contributed by atoms with Crippen molar-refractivity contribution in [1.29, 1.82) is 0 Å². The third kappa shape index (κ3) is 2.55. The van der Waals surface area contributed by atoms with Crippen LogP contribution in [0.3, 0.4) is 0 Å². The molecule has 2 heteroatoms. The molecule has 0 N–H and O–H groups in total. The second-order valence-electron chi connectivity index (χ2n) is 2.24. The SMILES string of the molecule is O=CC#CCc1ccc(F)cc1. The quantitative estimate of drug-likeness (QED) is 0.452. The van der Waals surface area contributed by atoms with Crippen LogP contribution in [-0.2, 0) is 11.2 Å². The molecule has 0 atom stereocenters. The maximum Gasteiger partial charge on any atom is 0.192 e. The van der Waals surface area contributed by atoms with Crippen molar-refractivity contribution in [1.82, 2.24) is 0 Å². The number of aldehydes is 1. The van der Waals surface area contributed by atoms with Crippen LogP contribution in [0.25, 0.3) is 0 Å². The molecule has 0 fully saturated rings. The lowest BCUT2D eigenvalue weighted by atomic mass is 10.1. The molecule has 0 radical (unpaired) electrons. The van der Waals surface area contributed by atoms with Gasteiger partial charge < -0.3 is 0 Å². The first kappa shape index (κ1) is 8.48. The zero-order valence-corrected chi connectivity index (χ0v) is 6.38. The fourth-order valence-electron chi connectivity index (χ4n) is 0.797. The van der Waals surface area contributed by atoms with Crippen molar-refractivity contribution in [2.24, 2.45) is 0 Å². The summed E-state index contributed by atoms with van der Waals surface area (Å²) in [6, 6.07) is 6.04. The number of carbonyl (C=O) groups excluding carboxylic acids is 1. The summed E-state index contributed by atoms with van der Waals surface area (Å²) in [5.41, 5.74) is 0.908. The highest BCUT2D eigenvalue weighted by Crippen LogP contribution is 2.02. The predicted molar refractivity (Wildman–Crippen MR) is 43.9 cm³/mol. The van der Waals surface area contributed by atoms with E-state index >= 15 is 0 Å². The van der Waals surface area contributed by atoms with Crippen LogP contribution in [0, 0.1) is 17.7 Å². The van der Waals surface area contributed by atoms with Crippen LogP contribution < -0.4 is 0 Å². The van der Waals surface area contributed by atoms with Crippen molar-refractivity contribution in [3.63, 3.8) is 0 Å². The monoisotopic (exact) mass is 162 g/mol. The van der Waals surface area contributed by atoms with Crippen LogP contribution >= 0.6 is 0 Å². The molecule has 0 unspecified atom stereocenters. The summed E-state index contributed by atoms with van der Waals surface area (Å²) in [4.78, 5) is 9.82. The standard InChI is InChI=1S/C10H7FO/c11-10-6-4-9(5-7-10)3-1-2-8-12/h4-8H,3H2. The van der Waals surface area contributed by atoms with Gasteiger partial charge in [-0.3, -0.25) is 4.79 Å². The Morgan fingerprint density at radius 3 is 2.58 bits per heavy atom. The highest BCUT2D eigenvalue weighted by Gasteiger charge is 1.89. The molecule has 0 bridgehead atoms. The second-order valence-corrected chi connectivity index (χ2v) is 2.24. The van der Waals surface area contributed by atoms with Gasteiger partial charge in [-0.05, 0) is 23.6 Å². The predicted octanol–water partition coefficient (Wildman–Crippen LogP) is 1.57. The topological polar surface area (TPSA) is 17.1 Å². The molecule has 0 saturated heterocycles. The Morgan fingerprint density at radius 2 is 2.00 bits per heavy atom. The molecule has 1 nitrogen and oxygen atoms in total. The minimum atomic E-state index is -0.262. The van der Waals surface area contributed by atoms with E-state index in [1.165, 1.54) is 12.1 Å². The lowest BCUT2D eigenvalue weighted by Gasteiger charge is -1.92. The van der Waals surface area contributed by atoms with Gasteiger partial charge in [-0.25, -0.2) is 4.39 Å². The summed E-state index contributed by atoms with van der Waals surface area (Å²) in [7, 11) is 0. The fraction of sp³-hybridized carbons (Fsp3) is 0.100. The van der Waals surface area contributed by atoms with E-state index in [4.69, 9.17) is 0 Å². The highest BCUT2D eigenvalue weighted by molar-refractivity contribution is 5.72. The Kier molecular flexibility index (Phi) is 3.04. The molecular weight excluding hydrogens is 155 g/mol. The van der Waals surface area contributed by atoms with E-state index < -0.39 is 0 Å². The van der Waals surface area contributed by atoms with E-state index in [0.29, 0.717) is 12.7 Å². The van der Waals surface area contributed by atoms with Crippen LogP contribution in [-0.4, -0.2) is 6.29 Å². The Hall–Kier alpha value is -1.62. The van der Waals surface area contributed by atoms with E-state index in [1.807, 2.05) is 0 Å². The minimum absolute atomic E-state index is 0.262. The van der Waals surface area contributed by atoms with Gasteiger partial charge in [0.05, 0.1) is 0 Å². The van der Waals surface area contributed by atoms with Crippen LogP contribution in [0.1, 0.15) is 5.56 Å². The van der Waals surface area contributed by atoms with Crippen LogP contribution in [0.5, 0.6) is 0 Å². The van der Waals surface area contributed by atoms with Crippen molar-refractivity contribution < 1.29 is 9.18 Å². The van der Waals surface area contributed by atoms with Gasteiger partial charge in [0.15, 0.2) is 6.29 Å². The van der Waals surface area contributed by atoms with Crippen molar-refractivity contribution >= 4 is 6.29 Å². The van der Waals surface area contributed by atoms with Gasteiger partial charge in [-0.2, -0.15) is 0 Å². The third-order valence-corrected chi connectivity index (χ3v) is 1.37. The summed E-state index contributed by atoms with van der Waals surface area (Å²) in [6.45, 7) is 0. The zero-order chi connectivity index (χ0) is 8.81. The number of hydrogen-bond acceptors (Lipinski definition) is 1. The number of carbonyl (C=O) groups is 1. The Balaban J connectivity index is 2.64. The smallest absolute Gasteiger partial charge is 0.192 e. The first-order valence-corrected chi connectivity index (χ1v) is 3.49. The molecule has 0 aliphatic rings. The summed E-state index contributed by atoms with van der Waals surface area (Å²) < 4.78 is 12.4. The number of benzene rings is 1. The summed E-state index contributed by atoms with van der Waals surface area (Å²) in [6.07, 6.45) is 1.03. The molecule has 12 heavy (non-hydrogen) atoms. The Morgan fingerprint density at radius 1 is 1.33 bits per heavy atom. The van der Waals surface area contributed by atoms with Crippen LogP contribution in [0.4, 0.5) is 4.39 Å². The fourth-order valence-corrected chi connectivity index (χ4v) is 0.797. The van der Waals surface area contributed by atoms with Gasteiger partial charge in [0.2, 0.25) is 0 Å². The van der Waals surface area contributed by atoms with Gasteiger partial charge in [-0.15, -0.1) is 0 Å². The van der Waals surface area contributed by atoms with E-state index in [1.54, 1.807) is 12.1 Å². The van der Waals surface area contributed by atoms with Gasteiger partial charge in [0.25, 0.3) is 0 Å². The zero-order valence-electron chi connectivity index (χ0n) is 6.38. The first-order valence-electron chi connectivity index (χ1n) is 3.49. The van der Waals surface area contributed by atoms with E-state index in [0.717, 1.165) is 5.56 Å². The third-order valence-electron chi connectivity index (χ3n) is 1.37. The first-order chi connectivity index (χ1) is 5.83. The van der Waals surface area contributed by atoms with E-state index in [9.17, 15) is 9.18 Å². The molecule has 1 aromatic carbocycles. The van der Waals surface area contributed by atoms with E-state index in [-0.39, 0.29) is 5.82 Å². The minimum Gasteiger partial charge on any atom is -0.289 e. The normalized spacial score (nSPS) is 8.42. The maximum absolute atomic E-state index is 12.4. The molecule has 0 amide bonds. The Labute approximate surface area is 70.2 Å². The molecule has 0 spiro atoms. The lowest BCUT2D eigenvalue weighted by Crippen LogP contribution is -1.81. The molecule has 60 valence electrons. The van der Waals surface area contributed by atoms with Gasteiger partial charge in [0.1, 0.15) is 5.82 Å². The van der Waals surface area contributed by atoms with Gasteiger partial charge in [0, 0.05) is 6.42 Å². The summed E-state index contributed by atoms with van der Waals surface area (Å²) in [5.74, 6) is 4.66. The summed E-state index contributed by atoms with van der Waals surface area (Å²) in [5, 5.41) is 0. The van der Waals surface area contributed by atoms with Crippen LogP contribution in [0.2, 0.25) is 0 Å². The van der Waals surface area contributed by atoms with Gasteiger partial charge >= 0.3 is 0 Å². The molecule has 0 saturated carbocycles. The average molecular weight is 162 g/mol.